The van der Waals surface area contributed by atoms with Crippen LogP contribution < -0.4 is 5.32 Å². The van der Waals surface area contributed by atoms with Crippen LogP contribution in [0, 0.1) is 25.2 Å². The van der Waals surface area contributed by atoms with Gasteiger partial charge in [0.05, 0.1) is 11.6 Å². The average Bonchev–Trinajstić information content (AvgIpc) is 2.56. The van der Waals surface area contributed by atoms with Gasteiger partial charge in [-0.15, -0.1) is 0 Å². The molecular weight excluding hydrogens is 292 g/mol. The molecule has 1 aliphatic rings. The highest BCUT2D eigenvalue weighted by Crippen LogP contribution is 2.27. The molecule has 0 atom stereocenters. The monoisotopic (exact) mass is 314 g/mol. The van der Waals surface area contributed by atoms with E-state index in [0.717, 1.165) is 30.4 Å². The van der Waals surface area contributed by atoms with Crippen LogP contribution in [0.5, 0.6) is 0 Å². The van der Waals surface area contributed by atoms with Gasteiger partial charge < -0.3 is 10.1 Å². The topological polar surface area (TPSA) is 79.2 Å². The summed E-state index contributed by atoms with van der Waals surface area (Å²) in [6.45, 7) is 3.40. The standard InChI is InChI=1S/C18H22N2O3/c1-13-7-6-8-15(14(13)2)17(22)23-11-16(21)20-18(12-19)9-4-3-5-10-18/h6-8H,3-5,9-11H2,1-2H3,(H,20,21). The Hall–Kier alpha value is -2.35. The largest absolute Gasteiger partial charge is 0.452 e. The number of nitrogens with one attached hydrogen (secondary N) is 1. The molecule has 0 spiro atoms. The molecule has 0 saturated heterocycles. The molecular formula is C18H22N2O3. The van der Waals surface area contributed by atoms with Gasteiger partial charge in [0.1, 0.15) is 5.54 Å². The lowest BCUT2D eigenvalue weighted by molar-refractivity contribution is -0.125. The lowest BCUT2D eigenvalue weighted by Gasteiger charge is -2.31. The molecule has 0 bridgehead atoms. The third-order valence-corrected chi connectivity index (χ3v) is 4.46. The number of esters is 1. The molecule has 0 aliphatic heterocycles. The Bertz CT molecular complexity index is 640. The number of benzene rings is 1. The van der Waals surface area contributed by atoms with E-state index in [1.54, 1.807) is 12.1 Å². The molecule has 2 rings (SSSR count). The van der Waals surface area contributed by atoms with E-state index < -0.39 is 17.4 Å². The van der Waals surface area contributed by atoms with Crippen LogP contribution in [0.3, 0.4) is 0 Å². The Balaban J connectivity index is 1.92. The van der Waals surface area contributed by atoms with Gasteiger partial charge in [0.15, 0.2) is 6.61 Å². The van der Waals surface area contributed by atoms with Crippen molar-refractivity contribution < 1.29 is 14.3 Å². The summed E-state index contributed by atoms with van der Waals surface area (Å²) < 4.78 is 5.10. The lowest BCUT2D eigenvalue weighted by Crippen LogP contribution is -2.50. The van der Waals surface area contributed by atoms with E-state index >= 15 is 0 Å². The van der Waals surface area contributed by atoms with Gasteiger partial charge in [-0.3, -0.25) is 4.79 Å². The van der Waals surface area contributed by atoms with Gasteiger partial charge in [-0.25, -0.2) is 4.79 Å². The quantitative estimate of drug-likeness (QED) is 0.867. The highest BCUT2D eigenvalue weighted by atomic mass is 16.5. The number of hydrogen-bond donors (Lipinski definition) is 1. The van der Waals surface area contributed by atoms with E-state index in [1.807, 2.05) is 19.9 Å². The molecule has 0 radical (unpaired) electrons. The molecule has 0 heterocycles. The fourth-order valence-corrected chi connectivity index (χ4v) is 2.90. The first kappa shape index (κ1) is 17.0. The number of rotatable bonds is 4. The average molecular weight is 314 g/mol. The van der Waals surface area contributed by atoms with Gasteiger partial charge in [-0.1, -0.05) is 31.4 Å². The highest BCUT2D eigenvalue weighted by Gasteiger charge is 2.33. The zero-order valence-electron chi connectivity index (χ0n) is 13.6. The van der Waals surface area contributed by atoms with Crippen LogP contribution in [0.25, 0.3) is 0 Å². The number of aryl methyl sites for hydroxylation is 1. The molecule has 0 unspecified atom stereocenters. The number of ether oxygens (including phenoxy) is 1. The van der Waals surface area contributed by atoms with Crippen LogP contribution in [0.2, 0.25) is 0 Å². The molecule has 1 N–H and O–H groups in total. The summed E-state index contributed by atoms with van der Waals surface area (Å²) in [6.07, 6.45) is 4.24. The maximum atomic E-state index is 12.1. The van der Waals surface area contributed by atoms with Crippen molar-refractivity contribution in [1.29, 1.82) is 5.26 Å². The van der Waals surface area contributed by atoms with Crippen LogP contribution >= 0.6 is 0 Å². The van der Waals surface area contributed by atoms with Crippen molar-refractivity contribution in [1.82, 2.24) is 5.32 Å². The molecule has 23 heavy (non-hydrogen) atoms. The summed E-state index contributed by atoms with van der Waals surface area (Å²) >= 11 is 0. The minimum atomic E-state index is -0.805. The van der Waals surface area contributed by atoms with Crippen LogP contribution in [-0.2, 0) is 9.53 Å². The number of nitrogens with zero attached hydrogens (tertiary/aromatic N) is 1. The van der Waals surface area contributed by atoms with E-state index in [4.69, 9.17) is 4.74 Å². The normalized spacial score (nSPS) is 16.2. The Morgan fingerprint density at radius 3 is 2.61 bits per heavy atom. The van der Waals surface area contributed by atoms with E-state index in [2.05, 4.69) is 11.4 Å². The second-order valence-corrected chi connectivity index (χ2v) is 6.13. The number of amides is 1. The molecule has 1 aromatic carbocycles. The molecule has 1 saturated carbocycles. The van der Waals surface area contributed by atoms with Gasteiger partial charge in [-0.2, -0.15) is 5.26 Å². The van der Waals surface area contributed by atoms with Gasteiger partial charge in [0.2, 0.25) is 0 Å². The summed E-state index contributed by atoms with van der Waals surface area (Å²) in [5, 5.41) is 12.1. The second-order valence-electron chi connectivity index (χ2n) is 6.13. The van der Waals surface area contributed by atoms with Crippen LogP contribution in [0.1, 0.15) is 53.6 Å². The van der Waals surface area contributed by atoms with Crippen LogP contribution in [-0.4, -0.2) is 24.0 Å². The lowest BCUT2D eigenvalue weighted by atomic mass is 9.83. The van der Waals surface area contributed by atoms with E-state index in [9.17, 15) is 14.9 Å². The summed E-state index contributed by atoms with van der Waals surface area (Å²) in [5.41, 5.74) is 1.50. The zero-order chi connectivity index (χ0) is 16.9. The summed E-state index contributed by atoms with van der Waals surface area (Å²) in [5.74, 6) is -0.942. The van der Waals surface area contributed by atoms with Gasteiger partial charge >= 0.3 is 5.97 Å². The predicted molar refractivity (Wildman–Crippen MR) is 85.8 cm³/mol. The molecule has 1 amide bonds. The van der Waals surface area contributed by atoms with Crippen LogP contribution in [0.15, 0.2) is 18.2 Å². The van der Waals surface area contributed by atoms with E-state index in [0.29, 0.717) is 18.4 Å². The van der Waals surface area contributed by atoms with Crippen LogP contribution in [0.4, 0.5) is 0 Å². The first-order valence-electron chi connectivity index (χ1n) is 7.93. The summed E-state index contributed by atoms with van der Waals surface area (Å²) in [4.78, 5) is 24.1. The number of nitriles is 1. The highest BCUT2D eigenvalue weighted by molar-refractivity contribution is 5.93. The van der Waals surface area contributed by atoms with Crippen molar-refractivity contribution in [2.75, 3.05) is 6.61 Å². The summed E-state index contributed by atoms with van der Waals surface area (Å²) in [6, 6.07) is 7.59. The zero-order valence-corrected chi connectivity index (χ0v) is 13.6. The van der Waals surface area contributed by atoms with E-state index in [1.165, 1.54) is 0 Å². The first-order valence-corrected chi connectivity index (χ1v) is 7.93. The van der Waals surface area contributed by atoms with Gasteiger partial charge in [-0.05, 0) is 43.9 Å². The Kier molecular flexibility index (Phi) is 5.38. The van der Waals surface area contributed by atoms with Gasteiger partial charge in [0.25, 0.3) is 5.91 Å². The Morgan fingerprint density at radius 2 is 1.96 bits per heavy atom. The molecule has 5 nitrogen and oxygen atoms in total. The third kappa shape index (κ3) is 4.10. The van der Waals surface area contributed by atoms with Crippen molar-refractivity contribution in [3.8, 4) is 6.07 Å². The summed E-state index contributed by atoms with van der Waals surface area (Å²) in [7, 11) is 0. The minimum absolute atomic E-state index is 0.365. The molecule has 1 aliphatic carbocycles. The molecule has 0 aromatic heterocycles. The van der Waals surface area contributed by atoms with Crippen molar-refractivity contribution >= 4 is 11.9 Å². The number of carbonyl (C=O) groups is 2. The van der Waals surface area contributed by atoms with Crippen molar-refractivity contribution in [2.45, 2.75) is 51.5 Å². The van der Waals surface area contributed by atoms with E-state index in [-0.39, 0.29) is 6.61 Å². The third-order valence-electron chi connectivity index (χ3n) is 4.46. The SMILES string of the molecule is Cc1cccc(C(=O)OCC(=O)NC2(C#N)CCCCC2)c1C. The number of hydrogen-bond acceptors (Lipinski definition) is 4. The molecule has 122 valence electrons. The Labute approximate surface area is 136 Å². The van der Waals surface area contributed by atoms with Crippen molar-refractivity contribution in [3.05, 3.63) is 34.9 Å². The van der Waals surface area contributed by atoms with Crippen molar-refractivity contribution in [2.24, 2.45) is 0 Å². The predicted octanol–water partition coefficient (Wildman–Crippen LogP) is 2.80. The fourth-order valence-electron chi connectivity index (χ4n) is 2.90. The molecule has 1 aromatic rings. The molecule has 5 heteroatoms. The maximum Gasteiger partial charge on any atom is 0.338 e. The number of carbonyl (C=O) groups excluding carboxylic acids is 2. The fraction of sp³-hybridized carbons (Fsp3) is 0.500. The Morgan fingerprint density at radius 1 is 1.26 bits per heavy atom. The smallest absolute Gasteiger partial charge is 0.338 e. The molecule has 1 fully saturated rings. The maximum absolute atomic E-state index is 12.1. The van der Waals surface area contributed by atoms with Gasteiger partial charge in [0, 0.05) is 0 Å². The minimum Gasteiger partial charge on any atom is -0.452 e. The first-order chi connectivity index (χ1) is 11.0. The second kappa shape index (κ2) is 7.28. The van der Waals surface area contributed by atoms with Crippen molar-refractivity contribution in [3.63, 3.8) is 0 Å².